The van der Waals surface area contributed by atoms with Gasteiger partial charge in [0.25, 0.3) is 0 Å². The smallest absolute Gasteiger partial charge is 0.226 e. The summed E-state index contributed by atoms with van der Waals surface area (Å²) in [4.78, 5) is 20.2. The second kappa shape index (κ2) is 9.25. The first-order valence-corrected chi connectivity index (χ1v) is 11.0. The minimum absolute atomic E-state index is 0.0617. The number of carbonyl (C=O) groups excluding carboxylic acids is 1. The molecular formula is C23H32N2O5. The van der Waals surface area contributed by atoms with Crippen molar-refractivity contribution in [3.63, 3.8) is 0 Å². The molecule has 3 unspecified atom stereocenters. The molecule has 1 amide bonds. The van der Waals surface area contributed by atoms with Crippen LogP contribution in [0.5, 0.6) is 11.5 Å². The monoisotopic (exact) mass is 416 g/mol. The van der Waals surface area contributed by atoms with Crippen molar-refractivity contribution in [1.82, 2.24) is 4.90 Å². The van der Waals surface area contributed by atoms with E-state index in [2.05, 4.69) is 5.16 Å². The molecule has 1 aromatic rings. The zero-order chi connectivity index (χ0) is 21.1. The Bertz CT molecular complexity index is 780. The topological polar surface area (TPSA) is 69.6 Å². The molecule has 7 heteroatoms. The van der Waals surface area contributed by atoms with Crippen molar-refractivity contribution in [2.24, 2.45) is 5.16 Å². The Morgan fingerprint density at radius 1 is 1.17 bits per heavy atom. The van der Waals surface area contributed by atoms with Crippen LogP contribution in [0.4, 0.5) is 0 Å². The van der Waals surface area contributed by atoms with Gasteiger partial charge in [-0.2, -0.15) is 0 Å². The highest BCUT2D eigenvalue weighted by Crippen LogP contribution is 2.33. The third-order valence-electron chi connectivity index (χ3n) is 6.00. The van der Waals surface area contributed by atoms with Crippen molar-refractivity contribution >= 4 is 11.6 Å². The Hall–Kier alpha value is -2.28. The molecular weight excluding hydrogens is 384 g/mol. The molecule has 164 valence electrons. The number of rotatable bonds is 6. The Kier molecular flexibility index (Phi) is 6.46. The van der Waals surface area contributed by atoms with E-state index in [-0.39, 0.29) is 30.3 Å². The summed E-state index contributed by atoms with van der Waals surface area (Å²) in [5, 5.41) is 4.27. The van der Waals surface area contributed by atoms with Gasteiger partial charge >= 0.3 is 0 Å². The van der Waals surface area contributed by atoms with Crippen LogP contribution >= 0.6 is 0 Å². The predicted molar refractivity (Wildman–Crippen MR) is 113 cm³/mol. The number of oxime groups is 1. The third-order valence-corrected chi connectivity index (χ3v) is 6.00. The Labute approximate surface area is 178 Å². The number of carbonyl (C=O) groups is 1. The van der Waals surface area contributed by atoms with E-state index < -0.39 is 0 Å². The molecule has 2 fully saturated rings. The lowest BCUT2D eigenvalue weighted by atomic mass is 10.0. The molecule has 0 N–H and O–H groups in total. The first kappa shape index (κ1) is 21.0. The van der Waals surface area contributed by atoms with E-state index >= 15 is 0 Å². The molecule has 0 aromatic heterocycles. The fourth-order valence-corrected chi connectivity index (χ4v) is 4.55. The number of ether oxygens (including phenoxy) is 3. The van der Waals surface area contributed by atoms with E-state index in [1.807, 2.05) is 36.9 Å². The molecule has 1 aliphatic carbocycles. The predicted octanol–water partition coefficient (Wildman–Crippen LogP) is 3.54. The van der Waals surface area contributed by atoms with Gasteiger partial charge in [-0.3, -0.25) is 4.79 Å². The summed E-state index contributed by atoms with van der Waals surface area (Å²) >= 11 is 0. The summed E-state index contributed by atoms with van der Waals surface area (Å²) in [6, 6.07) is 5.87. The fraction of sp³-hybridized carbons (Fsp3) is 0.652. The van der Waals surface area contributed by atoms with Gasteiger partial charge in [-0.05, 0) is 57.7 Å². The van der Waals surface area contributed by atoms with Crippen LogP contribution in [0.1, 0.15) is 57.9 Å². The average molecular weight is 417 g/mol. The molecule has 1 saturated carbocycles. The molecule has 1 aromatic carbocycles. The van der Waals surface area contributed by atoms with Crippen LogP contribution < -0.4 is 9.47 Å². The highest BCUT2D eigenvalue weighted by Gasteiger charge is 2.31. The SMILES string of the molecule is COc1ccc(C2=NOC(CC(=O)N3CC(C)OC(C)C3)C2)cc1OC1CCCC1. The average Bonchev–Trinajstić information content (AvgIpc) is 3.39. The van der Waals surface area contributed by atoms with Gasteiger partial charge < -0.3 is 23.9 Å². The van der Waals surface area contributed by atoms with Gasteiger partial charge in [0.05, 0.1) is 37.6 Å². The Morgan fingerprint density at radius 3 is 2.60 bits per heavy atom. The van der Waals surface area contributed by atoms with Gasteiger partial charge in [-0.1, -0.05) is 5.16 Å². The number of hydrogen-bond acceptors (Lipinski definition) is 6. The first-order valence-electron chi connectivity index (χ1n) is 11.0. The van der Waals surface area contributed by atoms with Crippen molar-refractivity contribution in [2.75, 3.05) is 20.2 Å². The summed E-state index contributed by atoms with van der Waals surface area (Å²) in [5.41, 5.74) is 1.79. The number of methoxy groups -OCH3 is 1. The molecule has 0 spiro atoms. The number of amides is 1. The van der Waals surface area contributed by atoms with E-state index in [9.17, 15) is 4.79 Å². The van der Waals surface area contributed by atoms with Gasteiger partial charge in [0.15, 0.2) is 11.5 Å². The maximum absolute atomic E-state index is 12.7. The van der Waals surface area contributed by atoms with Crippen LogP contribution in [0, 0.1) is 0 Å². The van der Waals surface area contributed by atoms with Crippen molar-refractivity contribution in [3.8, 4) is 11.5 Å². The minimum atomic E-state index is -0.234. The van der Waals surface area contributed by atoms with Crippen LogP contribution in [0.3, 0.4) is 0 Å². The van der Waals surface area contributed by atoms with Crippen LogP contribution in [-0.4, -0.2) is 61.1 Å². The minimum Gasteiger partial charge on any atom is -0.493 e. The van der Waals surface area contributed by atoms with Gasteiger partial charge in [0, 0.05) is 25.1 Å². The largest absolute Gasteiger partial charge is 0.493 e. The molecule has 1 saturated heterocycles. The molecule has 3 aliphatic rings. The van der Waals surface area contributed by atoms with E-state index in [4.69, 9.17) is 19.0 Å². The number of nitrogens with zero attached hydrogens (tertiary/aromatic N) is 2. The highest BCUT2D eigenvalue weighted by atomic mass is 16.6. The molecule has 30 heavy (non-hydrogen) atoms. The number of morpholine rings is 1. The summed E-state index contributed by atoms with van der Waals surface area (Å²) in [6.07, 6.45) is 5.67. The molecule has 4 rings (SSSR count). The third kappa shape index (κ3) is 4.89. The Balaban J connectivity index is 1.37. The fourth-order valence-electron chi connectivity index (χ4n) is 4.55. The van der Waals surface area contributed by atoms with E-state index in [0.717, 1.165) is 35.6 Å². The van der Waals surface area contributed by atoms with Crippen LogP contribution in [0.15, 0.2) is 23.4 Å². The molecule has 2 aliphatic heterocycles. The maximum atomic E-state index is 12.7. The lowest BCUT2D eigenvalue weighted by Gasteiger charge is -2.35. The summed E-state index contributed by atoms with van der Waals surface area (Å²) in [6.45, 7) is 5.25. The van der Waals surface area contributed by atoms with Gasteiger partial charge in [-0.15, -0.1) is 0 Å². The van der Waals surface area contributed by atoms with Crippen molar-refractivity contribution in [2.45, 2.75) is 76.8 Å². The van der Waals surface area contributed by atoms with Gasteiger partial charge in [-0.25, -0.2) is 0 Å². The van der Waals surface area contributed by atoms with Crippen LogP contribution in [0.25, 0.3) is 0 Å². The van der Waals surface area contributed by atoms with Gasteiger partial charge in [0.2, 0.25) is 5.91 Å². The number of benzene rings is 1. The summed E-state index contributed by atoms with van der Waals surface area (Å²) < 4.78 is 17.4. The van der Waals surface area contributed by atoms with E-state index in [1.54, 1.807) is 7.11 Å². The summed E-state index contributed by atoms with van der Waals surface area (Å²) in [5.74, 6) is 1.58. The van der Waals surface area contributed by atoms with Crippen LogP contribution in [-0.2, 0) is 14.4 Å². The van der Waals surface area contributed by atoms with E-state index in [1.165, 1.54) is 12.8 Å². The molecule has 0 bridgehead atoms. The molecule has 0 radical (unpaired) electrons. The first-order chi connectivity index (χ1) is 14.5. The second-order valence-electron chi connectivity index (χ2n) is 8.62. The molecule has 3 atom stereocenters. The lowest BCUT2D eigenvalue weighted by Crippen LogP contribution is -2.48. The zero-order valence-corrected chi connectivity index (χ0v) is 18.1. The second-order valence-corrected chi connectivity index (χ2v) is 8.62. The summed E-state index contributed by atoms with van der Waals surface area (Å²) in [7, 11) is 1.65. The maximum Gasteiger partial charge on any atom is 0.226 e. The zero-order valence-electron chi connectivity index (χ0n) is 18.1. The molecule has 7 nitrogen and oxygen atoms in total. The standard InChI is InChI=1S/C23H32N2O5/c1-15-13-25(14-16(2)28-15)23(26)12-19-11-20(24-30-19)17-8-9-21(27-3)22(10-17)29-18-6-4-5-7-18/h8-10,15-16,18-19H,4-7,11-14H2,1-3H3. The lowest BCUT2D eigenvalue weighted by molar-refractivity contribution is -0.145. The normalized spacial score (nSPS) is 27.0. The van der Waals surface area contributed by atoms with E-state index in [0.29, 0.717) is 25.9 Å². The quantitative estimate of drug-likeness (QED) is 0.710. The Morgan fingerprint density at radius 2 is 1.90 bits per heavy atom. The van der Waals surface area contributed by atoms with Crippen molar-refractivity contribution < 1.29 is 23.8 Å². The number of hydrogen-bond donors (Lipinski definition) is 0. The molecule has 2 heterocycles. The van der Waals surface area contributed by atoms with Crippen molar-refractivity contribution in [3.05, 3.63) is 23.8 Å². The van der Waals surface area contributed by atoms with Gasteiger partial charge in [0.1, 0.15) is 6.10 Å². The van der Waals surface area contributed by atoms with Crippen LogP contribution in [0.2, 0.25) is 0 Å². The highest BCUT2D eigenvalue weighted by molar-refractivity contribution is 6.02. The van der Waals surface area contributed by atoms with Crippen molar-refractivity contribution in [1.29, 1.82) is 0 Å².